The molecule has 0 atom stereocenters. The van der Waals surface area contributed by atoms with Gasteiger partial charge in [-0.25, -0.2) is 0 Å². The number of nitrogens with one attached hydrogen (secondary N) is 1. The molecule has 152 valence electrons. The minimum atomic E-state index is -0.676. The highest BCUT2D eigenvalue weighted by atomic mass is 35.5. The lowest BCUT2D eigenvalue weighted by Crippen LogP contribution is -2.42. The Balaban J connectivity index is 1.90. The third-order valence-electron chi connectivity index (χ3n) is 4.64. The van der Waals surface area contributed by atoms with Crippen molar-refractivity contribution in [1.29, 1.82) is 0 Å². The van der Waals surface area contributed by atoms with Gasteiger partial charge in [0.2, 0.25) is 5.91 Å². The summed E-state index contributed by atoms with van der Waals surface area (Å²) in [6.07, 6.45) is 0. The summed E-state index contributed by atoms with van der Waals surface area (Å²) >= 11 is 6.03. The molecule has 0 saturated carbocycles. The highest BCUT2D eigenvalue weighted by Gasteiger charge is 2.37. The normalized spacial score (nSPS) is 15.2. The summed E-state index contributed by atoms with van der Waals surface area (Å²) < 4.78 is 5.81. The molecule has 0 radical (unpaired) electrons. The van der Waals surface area contributed by atoms with Crippen LogP contribution in [0, 0.1) is 15.5 Å². The van der Waals surface area contributed by atoms with Gasteiger partial charge in [0.25, 0.3) is 11.6 Å². The lowest BCUT2D eigenvalue weighted by Gasteiger charge is -2.27. The van der Waals surface area contributed by atoms with Crippen molar-refractivity contribution >= 4 is 40.5 Å². The predicted octanol–water partition coefficient (Wildman–Crippen LogP) is 4.27. The number of amides is 2. The minimum Gasteiger partial charge on any atom is -0.490 e. The molecule has 9 heteroatoms. The van der Waals surface area contributed by atoms with E-state index in [1.54, 1.807) is 23.1 Å². The molecular formula is C20H20ClN3O5. The molecule has 1 aliphatic rings. The van der Waals surface area contributed by atoms with Gasteiger partial charge < -0.3 is 15.0 Å². The van der Waals surface area contributed by atoms with E-state index in [2.05, 4.69) is 5.32 Å². The van der Waals surface area contributed by atoms with Crippen molar-refractivity contribution in [3.63, 3.8) is 0 Å². The number of rotatable bonds is 4. The number of hydrogen-bond acceptors (Lipinski definition) is 5. The first-order valence-electron chi connectivity index (χ1n) is 8.98. The van der Waals surface area contributed by atoms with Gasteiger partial charge in [-0.3, -0.25) is 19.7 Å². The Labute approximate surface area is 172 Å². The number of nitro benzene ring substituents is 1. The molecule has 1 heterocycles. The second kappa shape index (κ2) is 7.71. The summed E-state index contributed by atoms with van der Waals surface area (Å²) in [6.45, 7) is 6.21. The van der Waals surface area contributed by atoms with E-state index >= 15 is 0 Å². The van der Waals surface area contributed by atoms with Crippen molar-refractivity contribution in [3.8, 4) is 5.75 Å². The average molecular weight is 418 g/mol. The number of carbonyl (C=O) groups is 2. The fraction of sp³-hybridized carbons (Fsp3) is 0.300. The highest BCUT2D eigenvalue weighted by Crippen LogP contribution is 2.38. The van der Waals surface area contributed by atoms with Crippen LogP contribution in [0.3, 0.4) is 0 Å². The molecule has 0 aliphatic carbocycles. The first-order valence-corrected chi connectivity index (χ1v) is 9.36. The van der Waals surface area contributed by atoms with Gasteiger partial charge in [-0.15, -0.1) is 0 Å². The SMILES string of the molecule is CCN1C(=O)C(C)(C)COc2ccc(NC(=O)c3ccc([N+](=O)[O-])cc3Cl)cc21. The number of benzene rings is 2. The summed E-state index contributed by atoms with van der Waals surface area (Å²) in [5.74, 6) is -0.0353. The quantitative estimate of drug-likeness (QED) is 0.591. The van der Waals surface area contributed by atoms with E-state index in [-0.39, 0.29) is 28.8 Å². The number of carbonyl (C=O) groups excluding carboxylic acids is 2. The van der Waals surface area contributed by atoms with E-state index in [4.69, 9.17) is 16.3 Å². The summed E-state index contributed by atoms with van der Waals surface area (Å²) in [6, 6.07) is 8.65. The Kier molecular flexibility index (Phi) is 5.48. The first kappa shape index (κ1) is 20.6. The number of anilines is 2. The van der Waals surface area contributed by atoms with E-state index in [1.165, 1.54) is 12.1 Å². The van der Waals surface area contributed by atoms with Crippen LogP contribution in [0.25, 0.3) is 0 Å². The van der Waals surface area contributed by atoms with Crippen molar-refractivity contribution in [2.24, 2.45) is 5.41 Å². The zero-order valence-corrected chi connectivity index (χ0v) is 16.9. The van der Waals surface area contributed by atoms with Gasteiger partial charge in [0.15, 0.2) is 0 Å². The largest absolute Gasteiger partial charge is 0.490 e. The van der Waals surface area contributed by atoms with Crippen LogP contribution in [0.15, 0.2) is 36.4 Å². The molecule has 0 spiro atoms. The van der Waals surface area contributed by atoms with Crippen molar-refractivity contribution in [3.05, 3.63) is 57.1 Å². The fourth-order valence-electron chi connectivity index (χ4n) is 3.04. The molecule has 1 N–H and O–H groups in total. The van der Waals surface area contributed by atoms with Gasteiger partial charge in [0.1, 0.15) is 12.4 Å². The van der Waals surface area contributed by atoms with Crippen molar-refractivity contribution < 1.29 is 19.2 Å². The fourth-order valence-corrected chi connectivity index (χ4v) is 3.30. The van der Waals surface area contributed by atoms with E-state index in [0.717, 1.165) is 6.07 Å². The Bertz CT molecular complexity index is 1010. The molecule has 0 saturated heterocycles. The van der Waals surface area contributed by atoms with Gasteiger partial charge in [0.05, 0.1) is 26.6 Å². The third kappa shape index (κ3) is 4.02. The lowest BCUT2D eigenvalue weighted by molar-refractivity contribution is -0.384. The average Bonchev–Trinajstić information content (AvgIpc) is 2.76. The summed E-state index contributed by atoms with van der Waals surface area (Å²) in [7, 11) is 0. The second-order valence-electron chi connectivity index (χ2n) is 7.28. The number of nitro groups is 1. The molecule has 3 rings (SSSR count). The maximum atomic E-state index is 12.8. The maximum Gasteiger partial charge on any atom is 0.270 e. The third-order valence-corrected chi connectivity index (χ3v) is 4.96. The number of halogens is 1. The van der Waals surface area contributed by atoms with Crippen LogP contribution in [-0.4, -0.2) is 29.9 Å². The topological polar surface area (TPSA) is 102 Å². The molecule has 0 bridgehead atoms. The Morgan fingerprint density at radius 3 is 2.66 bits per heavy atom. The number of ether oxygens (including phenoxy) is 1. The van der Waals surface area contributed by atoms with Gasteiger partial charge >= 0.3 is 0 Å². The van der Waals surface area contributed by atoms with Gasteiger partial charge in [0, 0.05) is 24.4 Å². The summed E-state index contributed by atoms with van der Waals surface area (Å²) in [5, 5.41) is 13.5. The molecule has 2 aromatic carbocycles. The monoisotopic (exact) mass is 417 g/mol. The molecule has 8 nitrogen and oxygen atoms in total. The molecule has 0 fully saturated rings. The van der Waals surface area contributed by atoms with Crippen LogP contribution >= 0.6 is 11.6 Å². The highest BCUT2D eigenvalue weighted by molar-refractivity contribution is 6.34. The molecular weight excluding hydrogens is 398 g/mol. The Hall–Kier alpha value is -3.13. The number of fused-ring (bicyclic) bond motifs is 1. The summed E-state index contributed by atoms with van der Waals surface area (Å²) in [4.78, 5) is 37.3. The number of non-ortho nitro benzene ring substituents is 1. The predicted molar refractivity (Wildman–Crippen MR) is 110 cm³/mol. The first-order chi connectivity index (χ1) is 13.6. The van der Waals surface area contributed by atoms with E-state index < -0.39 is 16.2 Å². The van der Waals surface area contributed by atoms with Gasteiger partial charge in [-0.2, -0.15) is 0 Å². The summed E-state index contributed by atoms with van der Waals surface area (Å²) in [5.41, 5.74) is 0.236. The zero-order valence-electron chi connectivity index (χ0n) is 16.2. The van der Waals surface area contributed by atoms with Crippen LogP contribution in [0.1, 0.15) is 31.1 Å². The standard InChI is InChI=1S/C20H20ClN3O5/c1-4-23-16-9-12(5-8-17(16)29-11-20(2,3)19(23)26)22-18(25)14-7-6-13(24(27)28)10-15(14)21/h5-10H,4,11H2,1-3H3,(H,22,25). The van der Waals surface area contributed by atoms with Crippen LogP contribution in [0.5, 0.6) is 5.75 Å². The van der Waals surface area contributed by atoms with Crippen LogP contribution in [0.4, 0.5) is 17.1 Å². The maximum absolute atomic E-state index is 12.8. The van der Waals surface area contributed by atoms with Crippen molar-refractivity contribution in [1.82, 2.24) is 0 Å². The van der Waals surface area contributed by atoms with Gasteiger partial charge in [-0.1, -0.05) is 11.6 Å². The molecule has 2 amide bonds. The van der Waals surface area contributed by atoms with Crippen molar-refractivity contribution in [2.75, 3.05) is 23.4 Å². The number of hydrogen-bond donors (Lipinski definition) is 1. The van der Waals surface area contributed by atoms with E-state index in [1.807, 2.05) is 20.8 Å². The van der Waals surface area contributed by atoms with Crippen LogP contribution in [-0.2, 0) is 4.79 Å². The van der Waals surface area contributed by atoms with Crippen molar-refractivity contribution in [2.45, 2.75) is 20.8 Å². The lowest BCUT2D eigenvalue weighted by atomic mass is 9.93. The molecule has 0 unspecified atom stereocenters. The van der Waals surface area contributed by atoms with Crippen LogP contribution < -0.4 is 15.0 Å². The smallest absolute Gasteiger partial charge is 0.270 e. The zero-order chi connectivity index (χ0) is 21.3. The molecule has 2 aromatic rings. The Morgan fingerprint density at radius 1 is 1.31 bits per heavy atom. The van der Waals surface area contributed by atoms with Gasteiger partial charge in [-0.05, 0) is 45.0 Å². The molecule has 29 heavy (non-hydrogen) atoms. The minimum absolute atomic E-state index is 0.0260. The second-order valence-corrected chi connectivity index (χ2v) is 7.69. The Morgan fingerprint density at radius 2 is 2.03 bits per heavy atom. The number of nitrogens with zero attached hydrogens (tertiary/aromatic N) is 2. The molecule has 1 aliphatic heterocycles. The van der Waals surface area contributed by atoms with E-state index in [0.29, 0.717) is 23.7 Å². The molecule has 0 aromatic heterocycles. The van der Waals surface area contributed by atoms with Crippen LogP contribution in [0.2, 0.25) is 5.02 Å². The van der Waals surface area contributed by atoms with E-state index in [9.17, 15) is 19.7 Å².